The Hall–Kier alpha value is -2.77. The number of methoxy groups -OCH3 is 1. The molecule has 14 heteroatoms. The molecule has 0 saturated carbocycles. The predicted octanol–water partition coefficient (Wildman–Crippen LogP) is 3.13. The molecule has 2 rings (SSSR count). The zero-order valence-corrected chi connectivity index (χ0v) is 15.1. The highest BCUT2D eigenvalue weighted by atomic mass is 32.2. The van der Waals surface area contributed by atoms with E-state index in [1.54, 1.807) is 0 Å². The first kappa shape index (κ1) is 22.5. The second-order valence-electron chi connectivity index (χ2n) is 5.48. The summed E-state index contributed by atoms with van der Waals surface area (Å²) >= 11 is 0.700. The monoisotopic (exact) mass is 443 g/mol. The maximum atomic E-state index is 13.2. The van der Waals surface area contributed by atoms with Gasteiger partial charge in [0.25, 0.3) is 0 Å². The molecule has 158 valence electrons. The number of nitrogens with zero attached hydrogens (tertiary/aromatic N) is 2. The number of carboxylic acids is 1. The van der Waals surface area contributed by atoms with Crippen molar-refractivity contribution < 1.29 is 45.8 Å². The van der Waals surface area contributed by atoms with E-state index in [1.165, 1.54) is 0 Å². The van der Waals surface area contributed by atoms with Gasteiger partial charge >= 0.3 is 18.3 Å². The fourth-order valence-corrected chi connectivity index (χ4v) is 3.13. The van der Waals surface area contributed by atoms with Crippen LogP contribution in [-0.4, -0.2) is 40.7 Å². The van der Waals surface area contributed by atoms with Crippen molar-refractivity contribution in [3.05, 3.63) is 28.8 Å². The van der Waals surface area contributed by atoms with Crippen molar-refractivity contribution in [2.75, 3.05) is 7.11 Å². The molecule has 1 amide bonds. The summed E-state index contributed by atoms with van der Waals surface area (Å²) in [5.41, 5.74) is -3.99. The summed E-state index contributed by atoms with van der Waals surface area (Å²) in [6, 6.07) is 0.310. The van der Waals surface area contributed by atoms with Crippen LogP contribution in [-0.2, 0) is 21.9 Å². The second kappa shape index (κ2) is 8.31. The third-order valence-electron chi connectivity index (χ3n) is 3.47. The van der Waals surface area contributed by atoms with Crippen LogP contribution in [0.25, 0.3) is 0 Å². The van der Waals surface area contributed by atoms with Crippen LogP contribution in [0.15, 0.2) is 22.3 Å². The van der Waals surface area contributed by atoms with Gasteiger partial charge < -0.3 is 15.2 Å². The fourth-order valence-electron chi connectivity index (χ4n) is 2.21. The summed E-state index contributed by atoms with van der Waals surface area (Å²) in [7, 11) is 0.891. The van der Waals surface area contributed by atoms with E-state index in [1.807, 2.05) is 0 Å². The smallest absolute Gasteiger partial charge is 0.417 e. The number of hydrogen-bond acceptors (Lipinski definition) is 6. The number of hydrogen-bond donors (Lipinski definition) is 2. The lowest BCUT2D eigenvalue weighted by Crippen LogP contribution is -2.26. The van der Waals surface area contributed by atoms with E-state index < -0.39 is 58.3 Å². The van der Waals surface area contributed by atoms with Crippen molar-refractivity contribution in [1.29, 1.82) is 0 Å². The van der Waals surface area contributed by atoms with Crippen molar-refractivity contribution in [1.82, 2.24) is 5.32 Å². The number of carbonyl (C=O) groups excluding carboxylic acids is 1. The van der Waals surface area contributed by atoms with Crippen LogP contribution in [0.1, 0.15) is 23.1 Å². The molecule has 0 aromatic heterocycles. The van der Waals surface area contributed by atoms with Crippen LogP contribution in [0.4, 0.5) is 26.3 Å². The molecule has 1 saturated heterocycles. The quantitative estimate of drug-likeness (QED) is 0.414. The maximum absolute atomic E-state index is 13.2. The number of carboxylic acid groups (broad SMARTS) is 1. The lowest BCUT2D eigenvalue weighted by atomic mass is 10.0. The molecule has 2 N–H and O–H groups in total. The Morgan fingerprint density at radius 2 is 1.93 bits per heavy atom. The number of ether oxygens (including phenoxy) is 1. The first-order valence-corrected chi connectivity index (χ1v) is 8.37. The molecule has 29 heavy (non-hydrogen) atoms. The summed E-state index contributed by atoms with van der Waals surface area (Å²) in [6.45, 7) is 0. The van der Waals surface area contributed by atoms with Gasteiger partial charge in [0.1, 0.15) is 11.0 Å². The van der Waals surface area contributed by atoms with Crippen molar-refractivity contribution in [2.24, 2.45) is 10.2 Å². The van der Waals surface area contributed by atoms with Gasteiger partial charge in [0.15, 0.2) is 5.17 Å². The number of alkyl halides is 6. The van der Waals surface area contributed by atoms with Crippen LogP contribution in [0.2, 0.25) is 0 Å². The van der Waals surface area contributed by atoms with Gasteiger partial charge in [-0.25, -0.2) is 0 Å². The van der Waals surface area contributed by atoms with Crippen molar-refractivity contribution >= 4 is 35.0 Å². The Morgan fingerprint density at radius 1 is 1.28 bits per heavy atom. The Kier molecular flexibility index (Phi) is 6.45. The Labute approximate surface area is 162 Å². The Balaban J connectivity index is 2.39. The van der Waals surface area contributed by atoms with Gasteiger partial charge in [-0.1, -0.05) is 11.8 Å². The Bertz CT molecular complexity index is 882. The number of halogens is 6. The molecule has 1 fully saturated rings. The molecule has 1 aromatic rings. The lowest BCUT2D eigenvalue weighted by Gasteiger charge is -2.16. The highest BCUT2D eigenvalue weighted by Gasteiger charge is 2.39. The average Bonchev–Trinajstić information content (AvgIpc) is 2.91. The van der Waals surface area contributed by atoms with Crippen molar-refractivity contribution in [2.45, 2.75) is 24.0 Å². The molecule has 1 heterocycles. The molecule has 7 nitrogen and oxygen atoms in total. The topological polar surface area (TPSA) is 100 Å². The SMILES string of the molecule is COc1cc(C(F)(F)F)cc(C(F)(F)F)c1C=NN=C1NC(=O)C(CC(=O)O)S1. The number of nitrogens with one attached hydrogen (secondary N) is 1. The normalized spacial score (nSPS) is 19.1. The zero-order chi connectivity index (χ0) is 22.0. The fraction of sp³-hybridized carbons (Fsp3) is 0.333. The van der Waals surface area contributed by atoms with Crippen molar-refractivity contribution in [3.8, 4) is 5.75 Å². The van der Waals surface area contributed by atoms with Gasteiger partial charge in [0.05, 0.1) is 30.9 Å². The zero-order valence-electron chi connectivity index (χ0n) is 14.3. The minimum atomic E-state index is -5.15. The first-order valence-electron chi connectivity index (χ1n) is 7.49. The van der Waals surface area contributed by atoms with Gasteiger partial charge in [0, 0.05) is 5.56 Å². The Morgan fingerprint density at radius 3 is 2.45 bits per heavy atom. The average molecular weight is 443 g/mol. The van der Waals surface area contributed by atoms with Gasteiger partial charge in [-0.05, 0) is 12.1 Å². The van der Waals surface area contributed by atoms with E-state index >= 15 is 0 Å². The number of benzene rings is 1. The highest BCUT2D eigenvalue weighted by Crippen LogP contribution is 2.40. The van der Waals surface area contributed by atoms with Crippen LogP contribution in [0, 0.1) is 0 Å². The molecule has 1 aliphatic heterocycles. The summed E-state index contributed by atoms with van der Waals surface area (Å²) in [5.74, 6) is -2.65. The van der Waals surface area contributed by atoms with Crippen molar-refractivity contribution in [3.63, 3.8) is 0 Å². The largest absolute Gasteiger partial charge is 0.496 e. The molecule has 1 aromatic carbocycles. The van der Waals surface area contributed by atoms with E-state index in [4.69, 9.17) is 5.11 Å². The highest BCUT2D eigenvalue weighted by molar-refractivity contribution is 8.15. The summed E-state index contributed by atoms with van der Waals surface area (Å²) < 4.78 is 83.0. The number of amides is 1. The molecule has 1 atom stereocenters. The molecule has 0 spiro atoms. The molecule has 1 aliphatic rings. The minimum absolute atomic E-state index is 0.0774. The van der Waals surface area contributed by atoms with Crippen LogP contribution < -0.4 is 10.1 Å². The number of thioether (sulfide) groups is 1. The molecular weight excluding hydrogens is 432 g/mol. The minimum Gasteiger partial charge on any atom is -0.496 e. The summed E-state index contributed by atoms with van der Waals surface area (Å²) in [6.07, 6.45) is -10.2. The number of aliphatic carboxylic acids is 1. The van der Waals surface area contributed by atoms with Crippen LogP contribution in [0.5, 0.6) is 5.75 Å². The number of carbonyl (C=O) groups is 2. The molecule has 0 radical (unpaired) electrons. The van der Waals surface area contributed by atoms with E-state index in [-0.39, 0.29) is 11.2 Å². The van der Waals surface area contributed by atoms with Crippen LogP contribution in [0.3, 0.4) is 0 Å². The molecule has 0 aliphatic carbocycles. The van der Waals surface area contributed by atoms with E-state index in [0.717, 1.165) is 7.11 Å². The number of amidine groups is 1. The summed E-state index contributed by atoms with van der Waals surface area (Å²) in [5, 5.41) is 16.6. The van der Waals surface area contributed by atoms with E-state index in [9.17, 15) is 35.9 Å². The maximum Gasteiger partial charge on any atom is 0.417 e. The third kappa shape index (κ3) is 5.62. The van der Waals surface area contributed by atoms with Gasteiger partial charge in [-0.2, -0.15) is 31.4 Å². The van der Waals surface area contributed by atoms with Crippen LogP contribution >= 0.6 is 11.8 Å². The molecule has 1 unspecified atom stereocenters. The predicted molar refractivity (Wildman–Crippen MR) is 89.8 cm³/mol. The number of rotatable bonds is 5. The molecular formula is C15H11F6N3O4S. The third-order valence-corrected chi connectivity index (χ3v) is 4.54. The second-order valence-corrected chi connectivity index (χ2v) is 6.67. The van der Waals surface area contributed by atoms with Gasteiger partial charge in [-0.15, -0.1) is 5.10 Å². The van der Waals surface area contributed by atoms with Gasteiger partial charge in [-0.3, -0.25) is 9.59 Å². The summed E-state index contributed by atoms with van der Waals surface area (Å²) in [4.78, 5) is 22.2. The lowest BCUT2D eigenvalue weighted by molar-refractivity contribution is -0.143. The first-order chi connectivity index (χ1) is 13.3. The van der Waals surface area contributed by atoms with E-state index in [0.29, 0.717) is 24.0 Å². The molecule has 0 bridgehead atoms. The van der Waals surface area contributed by atoms with E-state index in [2.05, 4.69) is 20.3 Å². The van der Waals surface area contributed by atoms with Gasteiger partial charge in [0.2, 0.25) is 5.91 Å². The standard InChI is InChI=1S/C15H11F6N3O4S/c1-28-9-3-6(14(16,17)18)2-8(15(19,20)21)7(9)5-22-24-13-23-12(27)10(29-13)4-11(25)26/h2-3,5,10H,4H2,1H3,(H,25,26)(H,23,24,27).